The number of ether oxygens (including phenoxy) is 1. The van der Waals surface area contributed by atoms with Crippen molar-refractivity contribution < 1.29 is 17.5 Å². The van der Waals surface area contributed by atoms with E-state index in [1.807, 2.05) is 35.2 Å². The van der Waals surface area contributed by atoms with Gasteiger partial charge in [0, 0.05) is 42.0 Å². The summed E-state index contributed by atoms with van der Waals surface area (Å²) in [5, 5.41) is 0.546. The van der Waals surface area contributed by atoms with Crippen LogP contribution in [0.15, 0.2) is 95.9 Å². The molecule has 0 bridgehead atoms. The molecule has 0 aromatic heterocycles. The summed E-state index contributed by atoms with van der Waals surface area (Å²) in [7, 11) is -2.25. The highest BCUT2D eigenvalue weighted by Gasteiger charge is 2.38. The van der Waals surface area contributed by atoms with E-state index in [4.69, 9.17) is 16.3 Å². The first-order valence-electron chi connectivity index (χ1n) is 12.8. The van der Waals surface area contributed by atoms with Crippen molar-refractivity contribution in [1.82, 2.24) is 4.31 Å². The van der Waals surface area contributed by atoms with Crippen LogP contribution < -0.4 is 9.64 Å². The number of hydrogen-bond donors (Lipinski definition) is 0. The van der Waals surface area contributed by atoms with E-state index in [0.29, 0.717) is 40.6 Å². The number of hydrogen-bond acceptors (Lipinski definition) is 4. The summed E-state index contributed by atoms with van der Waals surface area (Å²) in [4.78, 5) is 2.18. The highest BCUT2D eigenvalue weighted by molar-refractivity contribution is 7.89. The minimum absolute atomic E-state index is 0.0465. The Labute approximate surface area is 234 Å². The smallest absolute Gasteiger partial charge is 0.245 e. The van der Waals surface area contributed by atoms with E-state index in [-0.39, 0.29) is 22.6 Å². The topological polar surface area (TPSA) is 49.9 Å². The second kappa shape index (κ2) is 11.0. The molecule has 5 nitrogen and oxygen atoms in total. The fourth-order valence-electron chi connectivity index (χ4n) is 4.95. The number of anilines is 2. The van der Waals surface area contributed by atoms with E-state index >= 15 is 0 Å². The molecular weight excluding hydrogens is 535 g/mol. The molecule has 0 spiro atoms. The van der Waals surface area contributed by atoms with Crippen molar-refractivity contribution in [3.8, 4) is 22.6 Å². The first-order chi connectivity index (χ1) is 18.6. The van der Waals surface area contributed by atoms with Crippen molar-refractivity contribution in [1.29, 1.82) is 0 Å². The van der Waals surface area contributed by atoms with Crippen molar-refractivity contribution in [2.75, 3.05) is 18.5 Å². The van der Waals surface area contributed by atoms with Gasteiger partial charge in [0.2, 0.25) is 10.0 Å². The average molecular weight is 565 g/mol. The zero-order valence-corrected chi connectivity index (χ0v) is 23.6. The Hall–Kier alpha value is -3.39. The number of fused-ring (bicyclic) bond motifs is 1. The van der Waals surface area contributed by atoms with Crippen molar-refractivity contribution in [2.24, 2.45) is 5.92 Å². The molecular formula is C31H30ClFN2O3S. The summed E-state index contributed by atoms with van der Waals surface area (Å²) in [6, 6.07) is 26.0. The maximum Gasteiger partial charge on any atom is 0.245 e. The molecule has 1 atom stereocenters. The minimum Gasteiger partial charge on any atom is -0.454 e. The van der Waals surface area contributed by atoms with E-state index in [2.05, 4.69) is 13.8 Å². The number of likely N-dealkylation sites (N-methyl/N-ethyl adjacent to an activating group) is 1. The summed E-state index contributed by atoms with van der Waals surface area (Å²) < 4.78 is 50.6. The Morgan fingerprint density at radius 3 is 2.28 bits per heavy atom. The van der Waals surface area contributed by atoms with Gasteiger partial charge in [-0.05, 0) is 60.4 Å². The average Bonchev–Trinajstić information content (AvgIpc) is 2.99. The van der Waals surface area contributed by atoms with Crippen LogP contribution >= 0.6 is 11.6 Å². The maximum atomic E-state index is 14.7. The van der Waals surface area contributed by atoms with Crippen molar-refractivity contribution >= 4 is 33.0 Å². The minimum atomic E-state index is -3.89. The van der Waals surface area contributed by atoms with Gasteiger partial charge in [-0.3, -0.25) is 0 Å². The molecule has 0 N–H and O–H groups in total. The van der Waals surface area contributed by atoms with Crippen LogP contribution in [-0.2, 0) is 10.0 Å². The number of benzene rings is 4. The van der Waals surface area contributed by atoms with Crippen LogP contribution in [0.4, 0.5) is 15.8 Å². The van der Waals surface area contributed by atoms with Crippen LogP contribution in [-0.4, -0.2) is 32.4 Å². The van der Waals surface area contributed by atoms with Crippen LogP contribution in [0.1, 0.15) is 20.3 Å². The van der Waals surface area contributed by atoms with Crippen LogP contribution in [0.25, 0.3) is 11.1 Å². The molecule has 1 aliphatic heterocycles. The number of sulfonamides is 1. The molecule has 0 fully saturated rings. The maximum absolute atomic E-state index is 14.7. The Morgan fingerprint density at radius 1 is 0.949 bits per heavy atom. The van der Waals surface area contributed by atoms with Gasteiger partial charge in [-0.25, -0.2) is 12.8 Å². The number of halogens is 2. The molecule has 0 aliphatic carbocycles. The van der Waals surface area contributed by atoms with E-state index in [0.717, 1.165) is 5.69 Å². The normalized spacial score (nSPS) is 17.1. The predicted octanol–water partition coefficient (Wildman–Crippen LogP) is 8.13. The summed E-state index contributed by atoms with van der Waals surface area (Å²) >= 11 is 6.15. The van der Waals surface area contributed by atoms with Gasteiger partial charge in [0.05, 0.1) is 5.69 Å². The molecule has 0 saturated heterocycles. The number of rotatable bonds is 6. The Bertz CT molecular complexity index is 1580. The molecule has 4 aromatic carbocycles. The second-order valence-corrected chi connectivity index (χ2v) is 12.5. The SMILES string of the molecule is CC(C)C[C@@H]1CN(c2ccccc2)c2cc(Oc3ccccc3F)c(-c3ccc(Cl)cc3)cc2S(=O)(=O)N1C. The first kappa shape index (κ1) is 27.2. The fraction of sp³-hybridized carbons (Fsp3) is 0.226. The van der Waals surface area contributed by atoms with Gasteiger partial charge in [0.15, 0.2) is 11.6 Å². The van der Waals surface area contributed by atoms with Crippen molar-refractivity contribution in [3.63, 3.8) is 0 Å². The molecule has 0 radical (unpaired) electrons. The molecule has 0 unspecified atom stereocenters. The van der Waals surface area contributed by atoms with Crippen LogP contribution in [0.5, 0.6) is 11.5 Å². The lowest BCUT2D eigenvalue weighted by atomic mass is 10.0. The molecule has 0 saturated carbocycles. The zero-order valence-electron chi connectivity index (χ0n) is 22.0. The standard InChI is InChI=1S/C31H30ClFN2O3S/c1-21(2)17-25-20-35(24-9-5-4-6-10-24)28-19-30(38-29-12-8-7-11-27(29)33)26(22-13-15-23(32)16-14-22)18-31(28)39(36,37)34(25)3/h4-16,18-19,21,25H,17,20H2,1-3H3/t25-/m1/s1. The molecule has 39 heavy (non-hydrogen) atoms. The third-order valence-electron chi connectivity index (χ3n) is 6.94. The van der Waals surface area contributed by atoms with E-state index in [1.54, 1.807) is 61.6 Å². The number of nitrogens with zero attached hydrogens (tertiary/aromatic N) is 2. The quantitative estimate of drug-likeness (QED) is 0.237. The van der Waals surface area contributed by atoms with Crippen LogP contribution in [0.2, 0.25) is 5.02 Å². The largest absolute Gasteiger partial charge is 0.454 e. The molecule has 5 rings (SSSR count). The lowest BCUT2D eigenvalue weighted by Gasteiger charge is -2.30. The van der Waals surface area contributed by atoms with Gasteiger partial charge in [-0.1, -0.05) is 67.9 Å². The molecule has 202 valence electrons. The summed E-state index contributed by atoms with van der Waals surface area (Å²) in [6.07, 6.45) is 0.690. The Kier molecular flexibility index (Phi) is 7.67. The van der Waals surface area contributed by atoms with Gasteiger partial charge in [0.1, 0.15) is 10.6 Å². The van der Waals surface area contributed by atoms with Gasteiger partial charge in [-0.2, -0.15) is 4.31 Å². The summed E-state index contributed by atoms with van der Waals surface area (Å²) in [6.45, 7) is 4.62. The van der Waals surface area contributed by atoms with Gasteiger partial charge >= 0.3 is 0 Å². The van der Waals surface area contributed by atoms with Gasteiger partial charge in [0.25, 0.3) is 0 Å². The summed E-state index contributed by atoms with van der Waals surface area (Å²) in [5.41, 5.74) is 2.54. The van der Waals surface area contributed by atoms with Gasteiger partial charge < -0.3 is 9.64 Å². The number of para-hydroxylation sites is 2. The van der Waals surface area contributed by atoms with E-state index in [1.165, 1.54) is 10.4 Å². The highest BCUT2D eigenvalue weighted by Crippen LogP contribution is 2.45. The lowest BCUT2D eigenvalue weighted by Crippen LogP contribution is -2.41. The third kappa shape index (κ3) is 5.53. The van der Waals surface area contributed by atoms with Crippen LogP contribution in [0.3, 0.4) is 0 Å². The zero-order chi connectivity index (χ0) is 27.7. The van der Waals surface area contributed by atoms with Crippen molar-refractivity contribution in [3.05, 3.63) is 102 Å². The Morgan fingerprint density at radius 2 is 1.62 bits per heavy atom. The van der Waals surface area contributed by atoms with Crippen molar-refractivity contribution in [2.45, 2.75) is 31.2 Å². The summed E-state index contributed by atoms with van der Waals surface area (Å²) in [5.74, 6) is 0.155. The Balaban J connectivity index is 1.78. The highest BCUT2D eigenvalue weighted by atomic mass is 35.5. The molecule has 0 amide bonds. The molecule has 4 aromatic rings. The van der Waals surface area contributed by atoms with E-state index in [9.17, 15) is 12.8 Å². The second-order valence-electron chi connectivity index (χ2n) is 10.1. The van der Waals surface area contributed by atoms with Crippen LogP contribution in [0, 0.1) is 11.7 Å². The molecule has 1 heterocycles. The van der Waals surface area contributed by atoms with Gasteiger partial charge in [-0.15, -0.1) is 0 Å². The monoisotopic (exact) mass is 564 g/mol. The first-order valence-corrected chi connectivity index (χ1v) is 14.6. The predicted molar refractivity (Wildman–Crippen MR) is 155 cm³/mol. The molecule has 1 aliphatic rings. The molecule has 8 heteroatoms. The fourth-order valence-corrected chi connectivity index (χ4v) is 6.63. The third-order valence-corrected chi connectivity index (χ3v) is 9.13. The lowest BCUT2D eigenvalue weighted by molar-refractivity contribution is 0.326. The van der Waals surface area contributed by atoms with E-state index < -0.39 is 15.8 Å².